The molecule has 2 aliphatic rings. The summed E-state index contributed by atoms with van der Waals surface area (Å²) in [7, 11) is 0. The summed E-state index contributed by atoms with van der Waals surface area (Å²) < 4.78 is 2.54. The third-order valence-corrected chi connectivity index (χ3v) is 22.8. The number of allylic oxidation sites excluding steroid dienone is 4. The van der Waals surface area contributed by atoms with Gasteiger partial charge in [-0.1, -0.05) is 286 Å². The number of hydrogen-bond donors (Lipinski definition) is 0. The zero-order chi connectivity index (χ0) is 76.2. The van der Waals surface area contributed by atoms with Crippen LogP contribution in [0.2, 0.25) is 0 Å². The van der Waals surface area contributed by atoms with Crippen molar-refractivity contribution in [2.45, 2.75) is 218 Å². The third-order valence-electron chi connectivity index (χ3n) is 20.7. The van der Waals surface area contributed by atoms with Gasteiger partial charge in [0.15, 0.2) is 21.9 Å². The van der Waals surface area contributed by atoms with Crippen LogP contribution in [0.5, 0.6) is 0 Å². The number of aliphatic imine (C=N–C) groups is 2. The molecule has 4 unspecified atom stereocenters. The lowest BCUT2D eigenvalue weighted by Gasteiger charge is -2.30. The van der Waals surface area contributed by atoms with Crippen LogP contribution in [0.15, 0.2) is 154 Å². The number of fused-ring (bicyclic) bond motifs is 2. The van der Waals surface area contributed by atoms with Crippen LogP contribution in [0.25, 0.3) is 22.5 Å². The maximum absolute atomic E-state index is 14.0. The molecule has 0 saturated heterocycles. The molecule has 0 spiro atoms. The summed E-state index contributed by atoms with van der Waals surface area (Å²) in [5, 5.41) is 33.5. The van der Waals surface area contributed by atoms with E-state index < -0.39 is 11.8 Å². The van der Waals surface area contributed by atoms with Crippen molar-refractivity contribution < 1.29 is 9.59 Å². The lowest BCUT2D eigenvalue weighted by atomic mass is 9.96. The first kappa shape index (κ1) is 81.8. The van der Waals surface area contributed by atoms with Crippen molar-refractivity contribution in [2.75, 3.05) is 58.9 Å². The van der Waals surface area contributed by atoms with E-state index >= 15 is 0 Å². The number of para-hydroxylation sites is 2. The minimum absolute atomic E-state index is 0.0252. The van der Waals surface area contributed by atoms with Crippen molar-refractivity contribution in [3.05, 3.63) is 155 Å². The molecule has 4 atom stereocenters. The molecule has 6 heterocycles. The van der Waals surface area contributed by atoms with Crippen LogP contribution >= 0.6 is 22.7 Å². The highest BCUT2D eigenvalue weighted by molar-refractivity contribution is 7.20. The smallest absolute Gasteiger partial charge is 0.291 e. The number of hydrogen-bond acceptors (Lipinski definition) is 18. The van der Waals surface area contributed by atoms with E-state index in [-0.39, 0.29) is 11.1 Å². The maximum atomic E-state index is 14.0. The van der Waals surface area contributed by atoms with Gasteiger partial charge in [0.1, 0.15) is 56.1 Å². The van der Waals surface area contributed by atoms with E-state index in [9.17, 15) is 20.1 Å². The minimum atomic E-state index is -0.507. The average Bonchev–Trinajstić information content (AvgIpc) is 1.62. The molecule has 2 aliphatic heterocycles. The Morgan fingerprint density at radius 1 is 0.439 bits per heavy atom. The number of aromatic nitrogens is 8. The van der Waals surface area contributed by atoms with E-state index in [4.69, 9.17) is 40.1 Å². The molecule has 8 aromatic rings. The van der Waals surface area contributed by atoms with Gasteiger partial charge in [-0.25, -0.2) is 20.0 Å². The predicted molar refractivity (Wildman–Crippen MR) is 444 cm³/mol. The zero-order valence-electron chi connectivity index (χ0n) is 65.7. The van der Waals surface area contributed by atoms with Gasteiger partial charge in [0.25, 0.3) is 17.8 Å². The molecule has 566 valence electrons. The van der Waals surface area contributed by atoms with Crippen LogP contribution < -0.4 is 19.6 Å². The fraction of sp³-hybridized carbons (Fsp3) is 0.494. The standard InChI is InChI=1S/C46H54N8OS.C41H60N8OS/c1-6-11-22-33(8-3)31-52(32-34(9-4)23-12-7-2)46-49-40(35-24-16-13-17-25-35)43(56-46)48-41-38(10-5)39(30-47)44(55)54-42(41)50-45(51-54)53(36-26-18-14-19-27-36)37-28-20-15-21-29-37;1-8-14-21-31(12-5)28-48(29-32(13-6)22-15-9-2)41-44-36(33-23-19-18-20-24-33)38(51-41)43-35-30(7)34(27-42)39(50)49-37(35)45-40(46-49)47(25-16-10-3)26-17-11-4/h13-21,24-29,33-34H,6-12,22-23,31-32H2,1-5H3;18-20,23-24,31-32H,8-17,21-22,25-26,28-29H2,1-7H3. The predicted octanol–water partition coefficient (Wildman–Crippen LogP) is 22.8. The Morgan fingerprint density at radius 2 is 0.794 bits per heavy atom. The van der Waals surface area contributed by atoms with Crippen LogP contribution in [0, 0.1) is 46.3 Å². The fourth-order valence-corrected chi connectivity index (χ4v) is 16.0. The Morgan fingerprint density at radius 3 is 1.17 bits per heavy atom. The van der Waals surface area contributed by atoms with Crippen molar-refractivity contribution in [3.8, 4) is 34.7 Å². The van der Waals surface area contributed by atoms with Crippen molar-refractivity contribution in [1.82, 2.24) is 39.5 Å². The molecule has 0 radical (unpaired) electrons. The van der Waals surface area contributed by atoms with Gasteiger partial charge in [0.05, 0.1) is 0 Å². The van der Waals surface area contributed by atoms with Gasteiger partial charge < -0.3 is 14.7 Å². The number of nitrogens with zero attached hydrogens (tertiary/aromatic N) is 16. The molecular weight excluding hydrogens is 1370 g/mol. The summed E-state index contributed by atoms with van der Waals surface area (Å²) in [5.41, 5.74) is 7.30. The highest BCUT2D eigenvalue weighted by Gasteiger charge is 2.38. The van der Waals surface area contributed by atoms with Gasteiger partial charge in [-0.15, -0.1) is 10.2 Å². The number of benzene rings is 4. The summed E-state index contributed by atoms with van der Waals surface area (Å²) in [6, 6.07) is 44.4. The number of unbranched alkanes of at least 4 members (excludes halogenated alkanes) is 6. The van der Waals surface area contributed by atoms with Crippen LogP contribution in [-0.4, -0.2) is 102 Å². The molecule has 4 aromatic heterocycles. The lowest BCUT2D eigenvalue weighted by molar-refractivity contribution is 0.0934. The molecule has 0 N–H and O–H groups in total. The fourth-order valence-electron chi connectivity index (χ4n) is 14.0. The summed E-state index contributed by atoms with van der Waals surface area (Å²) in [5.74, 6) is 2.83. The van der Waals surface area contributed by atoms with Gasteiger partial charge in [0, 0.05) is 72.9 Å². The Kier molecular flexibility index (Phi) is 31.9. The van der Waals surface area contributed by atoms with Gasteiger partial charge in [-0.3, -0.25) is 14.5 Å². The molecule has 0 fully saturated rings. The van der Waals surface area contributed by atoms with Gasteiger partial charge in [-0.2, -0.15) is 29.9 Å². The highest BCUT2D eigenvalue weighted by Crippen LogP contribution is 2.45. The number of carbonyl (C=O) groups excluding carboxylic acids is 2. The number of rotatable bonds is 41. The van der Waals surface area contributed by atoms with Crippen molar-refractivity contribution >= 4 is 89.4 Å². The topological polar surface area (TPSA) is 207 Å². The summed E-state index contributed by atoms with van der Waals surface area (Å²) >= 11 is 3.18. The quantitative estimate of drug-likeness (QED) is 0.0349. The van der Waals surface area contributed by atoms with Gasteiger partial charge in [0.2, 0.25) is 5.95 Å². The molecule has 0 saturated carbocycles. The van der Waals surface area contributed by atoms with Crippen LogP contribution in [0.3, 0.4) is 0 Å². The van der Waals surface area contributed by atoms with Gasteiger partial charge >= 0.3 is 0 Å². The Bertz CT molecular complexity index is 4260. The number of nitriles is 2. The average molecular weight is 1480 g/mol. The molecule has 20 heteroatoms. The molecule has 0 bridgehead atoms. The number of thiazole rings is 2. The molecule has 0 aliphatic carbocycles. The zero-order valence-corrected chi connectivity index (χ0v) is 67.4. The second-order valence-corrected chi connectivity index (χ2v) is 30.4. The largest absolute Gasteiger partial charge is 0.347 e. The monoisotopic (exact) mass is 1480 g/mol. The third kappa shape index (κ3) is 20.7. The van der Waals surface area contributed by atoms with E-state index in [1.54, 1.807) is 29.6 Å². The molecule has 10 rings (SSSR count). The molecule has 107 heavy (non-hydrogen) atoms. The van der Waals surface area contributed by atoms with E-state index in [1.165, 1.54) is 86.4 Å². The Balaban J connectivity index is 0.000000248. The second kappa shape index (κ2) is 41.8. The molecule has 4 aromatic carbocycles. The Hall–Kier alpha value is -9.24. The highest BCUT2D eigenvalue weighted by atomic mass is 32.1. The SMILES string of the molecule is CCCCC(CC)CN(CC(CC)CCCC)c1nc(-c2ccccc2)c(N=C2C(C)=C(C#N)C(=O)n3nc(N(CCCC)CCCC)nc32)s1.CCCCC(CC)CN(CC(CC)CCCC)c1nc(-c2ccccc2)c(N=C2C(CC)=C(C#N)C(=O)n3nc(N(c4ccccc4)c4ccccc4)nc32)s1. The molecule has 18 nitrogen and oxygen atoms in total. The van der Waals surface area contributed by atoms with Crippen LogP contribution in [0.1, 0.15) is 239 Å². The van der Waals surface area contributed by atoms with Gasteiger partial charge in [-0.05, 0) is 99.8 Å². The minimum Gasteiger partial charge on any atom is -0.347 e. The summed E-state index contributed by atoms with van der Waals surface area (Å²) in [6.07, 6.45) is 23.5. The normalized spacial score (nSPS) is 14.6. The first-order chi connectivity index (χ1) is 52.3. The van der Waals surface area contributed by atoms with E-state index in [0.717, 1.165) is 140 Å². The first-order valence-electron chi connectivity index (χ1n) is 40.0. The van der Waals surface area contributed by atoms with Crippen LogP contribution in [-0.2, 0) is 0 Å². The second-order valence-electron chi connectivity index (χ2n) is 28.5. The summed E-state index contributed by atoms with van der Waals surface area (Å²) in [6.45, 7) is 31.8. The van der Waals surface area contributed by atoms with Crippen molar-refractivity contribution in [3.63, 3.8) is 0 Å². The van der Waals surface area contributed by atoms with Crippen LogP contribution in [0.4, 0.5) is 43.5 Å². The van der Waals surface area contributed by atoms with Crippen molar-refractivity contribution in [2.24, 2.45) is 33.7 Å². The number of anilines is 6. The first-order valence-corrected chi connectivity index (χ1v) is 41.6. The Labute approximate surface area is 645 Å². The summed E-state index contributed by atoms with van der Waals surface area (Å²) in [4.78, 5) is 68.2. The van der Waals surface area contributed by atoms with E-state index in [2.05, 4.69) is 120 Å². The van der Waals surface area contributed by atoms with E-state index in [0.29, 0.717) is 81.2 Å². The maximum Gasteiger partial charge on any atom is 0.291 e. The number of carbonyl (C=O) groups is 2. The lowest BCUT2D eigenvalue weighted by Crippen LogP contribution is -2.34. The molecular formula is C87H114N16O2S2. The van der Waals surface area contributed by atoms with Crippen molar-refractivity contribution in [1.29, 1.82) is 10.5 Å². The van der Waals surface area contributed by atoms with E-state index in [1.807, 2.05) is 109 Å². The molecule has 0 amide bonds.